The van der Waals surface area contributed by atoms with Gasteiger partial charge in [0, 0.05) is 43.8 Å². The lowest BCUT2D eigenvalue weighted by Gasteiger charge is -2.40. The number of benzene rings is 2. The van der Waals surface area contributed by atoms with Crippen molar-refractivity contribution in [1.82, 2.24) is 9.80 Å². The summed E-state index contributed by atoms with van der Waals surface area (Å²) < 4.78 is 6.06. The van der Waals surface area contributed by atoms with Gasteiger partial charge in [0.2, 0.25) is 5.91 Å². The van der Waals surface area contributed by atoms with Crippen molar-refractivity contribution in [3.05, 3.63) is 48.5 Å². The SMILES string of the molecule is CN(C)CCOc1ccccc1-c1ccc(N2N=CCC2CC2(O)CCN(C(=O)C3CC3)CC2)cc1. The molecule has 5 rings (SSSR count). The maximum Gasteiger partial charge on any atom is 0.225 e. The van der Waals surface area contributed by atoms with Crippen LogP contribution in [0.5, 0.6) is 5.75 Å². The molecule has 7 heteroatoms. The van der Waals surface area contributed by atoms with Crippen molar-refractivity contribution >= 4 is 17.8 Å². The monoisotopic (exact) mass is 490 g/mol. The molecule has 2 aliphatic heterocycles. The van der Waals surface area contributed by atoms with Crippen LogP contribution in [0.2, 0.25) is 0 Å². The largest absolute Gasteiger partial charge is 0.492 e. The molecule has 0 aromatic heterocycles. The van der Waals surface area contributed by atoms with E-state index in [2.05, 4.69) is 40.3 Å². The molecule has 0 spiro atoms. The van der Waals surface area contributed by atoms with Crippen LogP contribution in [0.4, 0.5) is 5.69 Å². The minimum absolute atomic E-state index is 0.119. The molecule has 1 saturated heterocycles. The molecule has 1 aliphatic carbocycles. The summed E-state index contributed by atoms with van der Waals surface area (Å²) in [6.07, 6.45) is 6.75. The van der Waals surface area contributed by atoms with Gasteiger partial charge in [-0.1, -0.05) is 30.3 Å². The molecule has 7 nitrogen and oxygen atoms in total. The first-order valence-electron chi connectivity index (χ1n) is 13.2. The summed E-state index contributed by atoms with van der Waals surface area (Å²) in [5, 5.41) is 18.0. The van der Waals surface area contributed by atoms with E-state index < -0.39 is 5.60 Å². The Balaban J connectivity index is 1.22. The van der Waals surface area contributed by atoms with Crippen molar-refractivity contribution in [1.29, 1.82) is 0 Å². The van der Waals surface area contributed by atoms with E-state index in [4.69, 9.17) is 4.74 Å². The maximum absolute atomic E-state index is 12.4. The standard InChI is InChI=1S/C29H38N4O3/c1-31(2)19-20-36-27-6-4-3-5-26(27)22-9-11-24(12-10-22)33-25(13-16-30-33)21-29(35)14-17-32(18-15-29)28(34)23-7-8-23/h3-6,9-12,16,23,25,35H,7-8,13-15,17-21H2,1-2H3. The van der Waals surface area contributed by atoms with Crippen molar-refractivity contribution in [3.8, 4) is 16.9 Å². The third-order valence-electron chi connectivity index (χ3n) is 7.60. The molecule has 2 aromatic rings. The highest BCUT2D eigenvalue weighted by Gasteiger charge is 2.41. The van der Waals surface area contributed by atoms with Crippen LogP contribution in [-0.4, -0.2) is 79.0 Å². The second-order valence-corrected chi connectivity index (χ2v) is 10.8. The second-order valence-electron chi connectivity index (χ2n) is 10.8. The Morgan fingerprint density at radius 2 is 1.83 bits per heavy atom. The van der Waals surface area contributed by atoms with Gasteiger partial charge in [-0.2, -0.15) is 5.10 Å². The summed E-state index contributed by atoms with van der Waals surface area (Å²) in [4.78, 5) is 16.5. The van der Waals surface area contributed by atoms with Crippen molar-refractivity contribution in [2.45, 2.75) is 50.2 Å². The lowest BCUT2D eigenvalue weighted by atomic mass is 9.84. The number of nitrogens with zero attached hydrogens (tertiary/aromatic N) is 4. The molecule has 2 heterocycles. The number of rotatable bonds is 9. The Morgan fingerprint density at radius 3 is 2.53 bits per heavy atom. The fraction of sp³-hybridized carbons (Fsp3) is 0.517. The molecule has 0 bridgehead atoms. The molecule has 36 heavy (non-hydrogen) atoms. The number of hydrogen-bond donors (Lipinski definition) is 1. The number of hydrogen-bond acceptors (Lipinski definition) is 6. The lowest BCUT2D eigenvalue weighted by molar-refractivity contribution is -0.137. The molecule has 3 aliphatic rings. The Kier molecular flexibility index (Phi) is 7.30. The fourth-order valence-corrected chi connectivity index (χ4v) is 5.24. The van der Waals surface area contributed by atoms with E-state index in [-0.39, 0.29) is 17.9 Å². The number of piperidine rings is 1. The molecule has 1 atom stereocenters. The zero-order valence-electron chi connectivity index (χ0n) is 21.5. The lowest BCUT2D eigenvalue weighted by Crippen LogP contribution is -2.49. The summed E-state index contributed by atoms with van der Waals surface area (Å²) in [5.74, 6) is 1.42. The average Bonchev–Trinajstić information content (AvgIpc) is 3.63. The van der Waals surface area contributed by atoms with Gasteiger partial charge in [0.15, 0.2) is 0 Å². The Morgan fingerprint density at radius 1 is 1.11 bits per heavy atom. The summed E-state index contributed by atoms with van der Waals surface area (Å²) in [5.41, 5.74) is 2.45. The van der Waals surface area contributed by atoms with E-state index in [0.717, 1.165) is 48.4 Å². The number of carbonyl (C=O) groups is 1. The number of para-hydroxylation sites is 1. The quantitative estimate of drug-likeness (QED) is 0.575. The van der Waals surface area contributed by atoms with Gasteiger partial charge in [0.25, 0.3) is 0 Å². The highest BCUT2D eigenvalue weighted by molar-refractivity contribution is 5.81. The number of likely N-dealkylation sites (tertiary alicyclic amines) is 1. The van der Waals surface area contributed by atoms with Crippen molar-refractivity contribution in [2.24, 2.45) is 11.0 Å². The first-order valence-corrected chi connectivity index (χ1v) is 13.2. The predicted molar refractivity (Wildman–Crippen MR) is 143 cm³/mol. The maximum atomic E-state index is 12.4. The number of ether oxygens (including phenoxy) is 1. The van der Waals surface area contributed by atoms with Gasteiger partial charge in [-0.05, 0) is 70.0 Å². The number of anilines is 1. The Labute approximate surface area is 214 Å². The molecule has 1 unspecified atom stereocenters. The van der Waals surface area contributed by atoms with Crippen LogP contribution < -0.4 is 9.75 Å². The van der Waals surface area contributed by atoms with Crippen LogP contribution in [-0.2, 0) is 4.79 Å². The number of aliphatic hydroxyl groups is 1. The zero-order chi connectivity index (χ0) is 25.1. The first-order chi connectivity index (χ1) is 17.4. The normalized spacial score (nSPS) is 21.3. The molecule has 1 N–H and O–H groups in total. The summed E-state index contributed by atoms with van der Waals surface area (Å²) in [7, 11) is 4.08. The van der Waals surface area contributed by atoms with Crippen LogP contribution in [0.1, 0.15) is 38.5 Å². The number of likely N-dealkylation sites (N-methyl/N-ethyl adjacent to an activating group) is 1. The van der Waals surface area contributed by atoms with E-state index >= 15 is 0 Å². The van der Waals surface area contributed by atoms with E-state index in [1.807, 2.05) is 48.4 Å². The zero-order valence-corrected chi connectivity index (χ0v) is 21.5. The van der Waals surface area contributed by atoms with Crippen molar-refractivity contribution in [3.63, 3.8) is 0 Å². The highest BCUT2D eigenvalue weighted by atomic mass is 16.5. The van der Waals surface area contributed by atoms with Crippen LogP contribution in [0.25, 0.3) is 11.1 Å². The third-order valence-corrected chi connectivity index (χ3v) is 7.60. The number of carbonyl (C=O) groups excluding carboxylic acids is 1. The molecular formula is C29H38N4O3. The van der Waals surface area contributed by atoms with E-state index in [1.165, 1.54) is 0 Å². The second kappa shape index (κ2) is 10.6. The van der Waals surface area contributed by atoms with Crippen LogP contribution in [0, 0.1) is 5.92 Å². The van der Waals surface area contributed by atoms with Crippen molar-refractivity contribution < 1.29 is 14.6 Å². The molecule has 192 valence electrons. The Hall–Kier alpha value is -2.90. The van der Waals surface area contributed by atoms with E-state index in [0.29, 0.717) is 39.0 Å². The van der Waals surface area contributed by atoms with E-state index in [1.54, 1.807) is 0 Å². The fourth-order valence-electron chi connectivity index (χ4n) is 5.24. The molecule has 1 amide bonds. The van der Waals surface area contributed by atoms with Gasteiger partial charge < -0.3 is 19.6 Å². The highest BCUT2D eigenvalue weighted by Crippen LogP contribution is 2.37. The summed E-state index contributed by atoms with van der Waals surface area (Å²) >= 11 is 0. The summed E-state index contributed by atoms with van der Waals surface area (Å²) in [6, 6.07) is 16.7. The minimum atomic E-state index is -0.750. The third kappa shape index (κ3) is 5.73. The predicted octanol–water partition coefficient (Wildman–Crippen LogP) is 4.01. The minimum Gasteiger partial charge on any atom is -0.492 e. The van der Waals surface area contributed by atoms with Crippen LogP contribution in [0.15, 0.2) is 53.6 Å². The van der Waals surface area contributed by atoms with Crippen LogP contribution in [0.3, 0.4) is 0 Å². The average molecular weight is 491 g/mol. The molecule has 0 radical (unpaired) electrons. The number of hydrazone groups is 1. The summed E-state index contributed by atoms with van der Waals surface area (Å²) in [6.45, 7) is 2.82. The van der Waals surface area contributed by atoms with Gasteiger partial charge in [0.1, 0.15) is 12.4 Å². The van der Waals surface area contributed by atoms with E-state index in [9.17, 15) is 9.90 Å². The van der Waals surface area contributed by atoms with Gasteiger partial charge in [-0.25, -0.2) is 0 Å². The Bertz CT molecular complexity index is 1070. The van der Waals surface area contributed by atoms with Crippen LogP contribution >= 0.6 is 0 Å². The van der Waals surface area contributed by atoms with Gasteiger partial charge in [-0.3, -0.25) is 9.80 Å². The topological polar surface area (TPSA) is 68.6 Å². The van der Waals surface area contributed by atoms with Gasteiger partial charge >= 0.3 is 0 Å². The number of amides is 1. The van der Waals surface area contributed by atoms with Gasteiger partial charge in [0.05, 0.1) is 17.3 Å². The first kappa shape index (κ1) is 24.8. The van der Waals surface area contributed by atoms with Crippen molar-refractivity contribution in [2.75, 3.05) is 45.3 Å². The molecule has 2 fully saturated rings. The molecule has 1 saturated carbocycles. The molecular weight excluding hydrogens is 452 g/mol. The van der Waals surface area contributed by atoms with Gasteiger partial charge in [-0.15, -0.1) is 0 Å². The molecule has 2 aromatic carbocycles. The smallest absolute Gasteiger partial charge is 0.225 e.